The lowest BCUT2D eigenvalue weighted by molar-refractivity contribution is -0.114. The van der Waals surface area contributed by atoms with Crippen molar-refractivity contribution >= 4 is 27.3 Å². The molecule has 0 atom stereocenters. The predicted molar refractivity (Wildman–Crippen MR) is 112 cm³/mol. The monoisotopic (exact) mass is 401 g/mol. The zero-order chi connectivity index (χ0) is 20.0. The number of benzene rings is 2. The maximum absolute atomic E-state index is 12.5. The van der Waals surface area contributed by atoms with E-state index >= 15 is 0 Å². The summed E-state index contributed by atoms with van der Waals surface area (Å²) in [6, 6.07) is 14.4. The second-order valence-electron chi connectivity index (χ2n) is 6.98. The van der Waals surface area contributed by atoms with Crippen molar-refractivity contribution in [3.05, 3.63) is 54.1 Å². The van der Waals surface area contributed by atoms with Crippen molar-refractivity contribution in [2.45, 2.75) is 37.5 Å². The van der Waals surface area contributed by atoms with Gasteiger partial charge in [-0.1, -0.05) is 25.5 Å². The Bertz CT molecular complexity index is 887. The first kappa shape index (κ1) is 20.4. The molecule has 0 saturated carbocycles. The number of carbonyl (C=O) groups excluding carboxylic acids is 1. The van der Waals surface area contributed by atoms with Crippen LogP contribution >= 0.6 is 0 Å². The first-order valence-corrected chi connectivity index (χ1v) is 11.2. The van der Waals surface area contributed by atoms with Gasteiger partial charge in [-0.25, -0.2) is 8.42 Å². The summed E-state index contributed by atoms with van der Waals surface area (Å²) in [5, 5.41) is 5.87. The highest BCUT2D eigenvalue weighted by Gasteiger charge is 2.26. The van der Waals surface area contributed by atoms with Crippen LogP contribution in [0.1, 0.15) is 31.7 Å². The van der Waals surface area contributed by atoms with Crippen molar-refractivity contribution in [3.63, 3.8) is 0 Å². The number of aryl methyl sites for hydroxylation is 1. The Labute approximate surface area is 167 Å². The molecule has 1 amide bonds. The van der Waals surface area contributed by atoms with Gasteiger partial charge in [-0.05, 0) is 61.2 Å². The summed E-state index contributed by atoms with van der Waals surface area (Å²) in [5.41, 5.74) is 2.74. The Morgan fingerprint density at radius 3 is 2.18 bits per heavy atom. The first-order valence-electron chi connectivity index (χ1n) is 9.72. The lowest BCUT2D eigenvalue weighted by Gasteiger charge is -2.15. The number of amides is 1. The number of nitrogens with zero attached hydrogens (tertiary/aromatic N) is 1. The third kappa shape index (κ3) is 5.11. The normalized spacial score (nSPS) is 14.8. The molecule has 2 aromatic carbocycles. The second kappa shape index (κ2) is 9.21. The number of rotatable bonds is 8. The van der Waals surface area contributed by atoms with E-state index in [1.807, 2.05) is 12.1 Å². The standard InChI is InChI=1S/C21H27N3O3S/c1-2-5-17-6-8-18(9-7-17)22-16-21(25)23-19-10-12-20(13-11-19)28(26,27)24-14-3-4-15-24/h6-13,22H,2-5,14-16H2,1H3,(H,23,25). The predicted octanol–water partition coefficient (Wildman–Crippen LogP) is 3.47. The number of hydrogen-bond donors (Lipinski definition) is 2. The second-order valence-corrected chi connectivity index (χ2v) is 8.92. The molecule has 0 bridgehead atoms. The zero-order valence-corrected chi connectivity index (χ0v) is 17.0. The molecule has 1 fully saturated rings. The number of nitrogens with one attached hydrogen (secondary N) is 2. The van der Waals surface area contributed by atoms with Crippen molar-refractivity contribution in [1.29, 1.82) is 0 Å². The van der Waals surface area contributed by atoms with Crippen LogP contribution in [0.5, 0.6) is 0 Å². The maximum Gasteiger partial charge on any atom is 0.243 e. The average Bonchev–Trinajstić information content (AvgIpc) is 3.24. The van der Waals surface area contributed by atoms with Crippen LogP contribution in [0.15, 0.2) is 53.4 Å². The van der Waals surface area contributed by atoms with Crippen LogP contribution in [-0.4, -0.2) is 38.3 Å². The largest absolute Gasteiger partial charge is 0.376 e. The van der Waals surface area contributed by atoms with Gasteiger partial charge in [0.25, 0.3) is 0 Å². The van der Waals surface area contributed by atoms with Gasteiger partial charge in [0.2, 0.25) is 15.9 Å². The molecule has 3 rings (SSSR count). The van der Waals surface area contributed by atoms with E-state index in [1.54, 1.807) is 24.3 Å². The minimum Gasteiger partial charge on any atom is -0.376 e. The van der Waals surface area contributed by atoms with Gasteiger partial charge >= 0.3 is 0 Å². The van der Waals surface area contributed by atoms with Crippen LogP contribution in [0.25, 0.3) is 0 Å². The highest BCUT2D eigenvalue weighted by Crippen LogP contribution is 2.22. The molecule has 1 saturated heterocycles. The molecule has 0 aromatic heterocycles. The van der Waals surface area contributed by atoms with E-state index in [1.165, 1.54) is 9.87 Å². The SMILES string of the molecule is CCCc1ccc(NCC(=O)Nc2ccc(S(=O)(=O)N3CCCC3)cc2)cc1. The fourth-order valence-electron chi connectivity index (χ4n) is 3.25. The molecule has 0 radical (unpaired) electrons. The number of sulfonamides is 1. The quantitative estimate of drug-likeness (QED) is 0.710. The van der Waals surface area contributed by atoms with E-state index < -0.39 is 10.0 Å². The Balaban J connectivity index is 1.52. The minimum absolute atomic E-state index is 0.140. The highest BCUT2D eigenvalue weighted by molar-refractivity contribution is 7.89. The molecule has 150 valence electrons. The molecule has 2 N–H and O–H groups in total. The summed E-state index contributed by atoms with van der Waals surface area (Å²) >= 11 is 0. The van der Waals surface area contributed by atoms with Crippen molar-refractivity contribution in [1.82, 2.24) is 4.31 Å². The Morgan fingerprint density at radius 2 is 1.57 bits per heavy atom. The molecular weight excluding hydrogens is 374 g/mol. The van der Waals surface area contributed by atoms with Gasteiger partial charge in [0.05, 0.1) is 11.4 Å². The number of carbonyl (C=O) groups is 1. The van der Waals surface area contributed by atoms with Crippen molar-refractivity contribution < 1.29 is 13.2 Å². The lowest BCUT2D eigenvalue weighted by Crippen LogP contribution is -2.27. The van der Waals surface area contributed by atoms with Crippen LogP contribution in [0.3, 0.4) is 0 Å². The molecule has 6 nitrogen and oxygen atoms in total. The number of hydrogen-bond acceptors (Lipinski definition) is 4. The van der Waals surface area contributed by atoms with E-state index in [2.05, 4.69) is 29.7 Å². The van der Waals surface area contributed by atoms with E-state index in [0.29, 0.717) is 18.8 Å². The summed E-state index contributed by atoms with van der Waals surface area (Å²) in [6.07, 6.45) is 3.96. The van der Waals surface area contributed by atoms with Crippen LogP contribution in [0.4, 0.5) is 11.4 Å². The molecule has 2 aromatic rings. The highest BCUT2D eigenvalue weighted by atomic mass is 32.2. The summed E-state index contributed by atoms with van der Waals surface area (Å²) in [4.78, 5) is 12.4. The Kier molecular flexibility index (Phi) is 6.70. The summed E-state index contributed by atoms with van der Waals surface area (Å²) < 4.78 is 26.6. The van der Waals surface area contributed by atoms with Crippen molar-refractivity contribution in [2.75, 3.05) is 30.3 Å². The summed E-state index contributed by atoms with van der Waals surface area (Å²) in [5.74, 6) is -0.187. The van der Waals surface area contributed by atoms with E-state index in [4.69, 9.17) is 0 Å². The Hall–Kier alpha value is -2.38. The molecule has 0 unspecified atom stereocenters. The van der Waals surface area contributed by atoms with Crippen LogP contribution in [0.2, 0.25) is 0 Å². The van der Waals surface area contributed by atoms with Gasteiger partial charge in [-0.3, -0.25) is 4.79 Å². The molecule has 28 heavy (non-hydrogen) atoms. The van der Waals surface area contributed by atoms with Crippen LogP contribution in [-0.2, 0) is 21.2 Å². The minimum atomic E-state index is -3.43. The number of anilines is 2. The molecule has 1 heterocycles. The zero-order valence-electron chi connectivity index (χ0n) is 16.1. The summed E-state index contributed by atoms with van der Waals surface area (Å²) in [6.45, 7) is 3.43. The average molecular weight is 402 g/mol. The smallest absolute Gasteiger partial charge is 0.243 e. The first-order chi connectivity index (χ1) is 13.5. The fourth-order valence-corrected chi connectivity index (χ4v) is 4.77. The lowest BCUT2D eigenvalue weighted by atomic mass is 10.1. The van der Waals surface area contributed by atoms with Gasteiger partial charge in [0, 0.05) is 24.5 Å². The third-order valence-corrected chi connectivity index (χ3v) is 6.70. The van der Waals surface area contributed by atoms with Crippen molar-refractivity contribution in [3.8, 4) is 0 Å². The van der Waals surface area contributed by atoms with Gasteiger partial charge in [0.1, 0.15) is 0 Å². The molecular formula is C21H27N3O3S. The van der Waals surface area contributed by atoms with Gasteiger partial charge < -0.3 is 10.6 Å². The third-order valence-electron chi connectivity index (χ3n) is 4.79. The van der Waals surface area contributed by atoms with E-state index in [9.17, 15) is 13.2 Å². The van der Waals surface area contributed by atoms with Crippen LogP contribution in [0, 0.1) is 0 Å². The Morgan fingerprint density at radius 1 is 0.964 bits per heavy atom. The van der Waals surface area contributed by atoms with Gasteiger partial charge in [-0.2, -0.15) is 4.31 Å². The molecule has 1 aliphatic rings. The van der Waals surface area contributed by atoms with Gasteiger partial charge in [-0.15, -0.1) is 0 Å². The molecule has 0 aliphatic carbocycles. The molecule has 7 heteroatoms. The van der Waals surface area contributed by atoms with Gasteiger partial charge in [0.15, 0.2) is 0 Å². The molecule has 1 aliphatic heterocycles. The van der Waals surface area contributed by atoms with Crippen LogP contribution < -0.4 is 10.6 Å². The molecule has 0 spiro atoms. The topological polar surface area (TPSA) is 78.5 Å². The summed E-state index contributed by atoms with van der Waals surface area (Å²) in [7, 11) is -3.43. The fraction of sp³-hybridized carbons (Fsp3) is 0.381. The van der Waals surface area contributed by atoms with E-state index in [0.717, 1.165) is 31.4 Å². The van der Waals surface area contributed by atoms with Crippen molar-refractivity contribution in [2.24, 2.45) is 0 Å². The maximum atomic E-state index is 12.5. The van der Waals surface area contributed by atoms with E-state index in [-0.39, 0.29) is 17.3 Å².